The van der Waals surface area contributed by atoms with Crippen molar-refractivity contribution in [1.29, 1.82) is 0 Å². The maximum Gasteiger partial charge on any atom is 0.356 e. The Morgan fingerprint density at radius 1 is 0.933 bits per heavy atom. The Bertz CT molecular complexity index is 1120. The molecule has 0 amide bonds. The van der Waals surface area contributed by atoms with Gasteiger partial charge in [0.25, 0.3) is 0 Å². The van der Waals surface area contributed by atoms with Crippen LogP contribution in [0.25, 0.3) is 11.1 Å². The van der Waals surface area contributed by atoms with Crippen molar-refractivity contribution < 1.29 is 32.6 Å². The minimum atomic E-state index is -4.39. The number of aryl methyl sites for hydroxylation is 2. The Kier molecular flexibility index (Phi) is 6.27. The number of ether oxygens (including phenoxy) is 2. The van der Waals surface area contributed by atoms with Crippen LogP contribution >= 0.6 is 7.60 Å². The molecule has 5 nitrogen and oxygen atoms in total. The average Bonchev–Trinajstić information content (AvgIpc) is 2.66. The average molecular weight is 434 g/mol. The van der Waals surface area contributed by atoms with Gasteiger partial charge in [-0.3, -0.25) is 4.57 Å². The lowest BCUT2D eigenvalue weighted by Gasteiger charge is -2.15. The number of hydrogen-bond acceptors (Lipinski definition) is 3. The third-order valence-electron chi connectivity index (χ3n) is 4.48. The molecule has 0 aliphatic heterocycles. The SMILES string of the molecule is CCOc1ccc(-c2ccc(Oc3c(C)cc(P(=O)(O)O)cc3C)cc2F)cc1F. The van der Waals surface area contributed by atoms with Crippen molar-refractivity contribution in [3.63, 3.8) is 0 Å². The molecule has 0 aliphatic carbocycles. The fourth-order valence-electron chi connectivity index (χ4n) is 3.11. The third kappa shape index (κ3) is 4.70. The van der Waals surface area contributed by atoms with E-state index in [9.17, 15) is 23.1 Å². The smallest absolute Gasteiger partial charge is 0.356 e. The molecule has 0 bridgehead atoms. The van der Waals surface area contributed by atoms with E-state index in [4.69, 9.17) is 9.47 Å². The minimum Gasteiger partial charge on any atom is -0.491 e. The van der Waals surface area contributed by atoms with E-state index >= 15 is 0 Å². The van der Waals surface area contributed by atoms with Crippen molar-refractivity contribution in [2.45, 2.75) is 20.8 Å². The molecule has 158 valence electrons. The highest BCUT2D eigenvalue weighted by atomic mass is 31.2. The highest BCUT2D eigenvalue weighted by Gasteiger charge is 2.20. The summed E-state index contributed by atoms with van der Waals surface area (Å²) in [5.74, 6) is -0.487. The maximum atomic E-state index is 14.7. The van der Waals surface area contributed by atoms with E-state index in [1.54, 1.807) is 32.9 Å². The standard InChI is InChI=1S/C22H21F2O5P/c1-4-28-21-8-5-15(11-20(21)24)18-7-6-16(12-19(18)23)29-22-13(2)9-17(10-14(22)3)30(25,26)27/h5-12H,4H2,1-3H3,(H2,25,26,27). The second-order valence-corrected chi connectivity index (χ2v) is 8.38. The summed E-state index contributed by atoms with van der Waals surface area (Å²) in [6, 6.07) is 11.1. The van der Waals surface area contributed by atoms with Crippen LogP contribution in [0.3, 0.4) is 0 Å². The zero-order valence-corrected chi connectivity index (χ0v) is 17.5. The number of halogens is 2. The first kappa shape index (κ1) is 22.0. The Morgan fingerprint density at radius 2 is 1.60 bits per heavy atom. The van der Waals surface area contributed by atoms with Crippen molar-refractivity contribution >= 4 is 12.9 Å². The van der Waals surface area contributed by atoms with Crippen molar-refractivity contribution in [1.82, 2.24) is 0 Å². The summed E-state index contributed by atoms with van der Waals surface area (Å²) in [4.78, 5) is 18.7. The van der Waals surface area contributed by atoms with Gasteiger partial charge in [-0.25, -0.2) is 8.78 Å². The molecule has 0 fully saturated rings. The van der Waals surface area contributed by atoms with Gasteiger partial charge in [-0.2, -0.15) is 0 Å². The van der Waals surface area contributed by atoms with Crippen molar-refractivity contribution in [2.24, 2.45) is 0 Å². The molecule has 3 aromatic carbocycles. The van der Waals surface area contributed by atoms with Crippen LogP contribution in [-0.2, 0) is 4.57 Å². The fourth-order valence-corrected chi connectivity index (χ4v) is 3.83. The summed E-state index contributed by atoms with van der Waals surface area (Å²) in [6.45, 7) is 5.36. The van der Waals surface area contributed by atoms with Crippen LogP contribution in [0, 0.1) is 25.5 Å². The molecule has 8 heteroatoms. The van der Waals surface area contributed by atoms with Gasteiger partial charge in [0, 0.05) is 11.6 Å². The van der Waals surface area contributed by atoms with E-state index in [0.29, 0.717) is 29.0 Å². The van der Waals surface area contributed by atoms with Crippen LogP contribution in [0.4, 0.5) is 8.78 Å². The first-order valence-electron chi connectivity index (χ1n) is 9.17. The Hall–Kier alpha value is -2.73. The second-order valence-electron chi connectivity index (χ2n) is 6.77. The highest BCUT2D eigenvalue weighted by molar-refractivity contribution is 7.60. The predicted octanol–water partition coefficient (Wildman–Crippen LogP) is 5.24. The van der Waals surface area contributed by atoms with E-state index in [1.807, 2.05) is 0 Å². The van der Waals surface area contributed by atoms with Crippen molar-refractivity contribution in [3.05, 3.63) is 71.3 Å². The van der Waals surface area contributed by atoms with Crippen LogP contribution in [0.1, 0.15) is 18.1 Å². The van der Waals surface area contributed by atoms with Gasteiger partial charge in [-0.05, 0) is 73.9 Å². The molecule has 0 aromatic heterocycles. The van der Waals surface area contributed by atoms with Crippen molar-refractivity contribution in [2.75, 3.05) is 6.61 Å². The topological polar surface area (TPSA) is 76.0 Å². The number of benzene rings is 3. The van der Waals surface area contributed by atoms with Gasteiger partial charge in [-0.15, -0.1) is 0 Å². The van der Waals surface area contributed by atoms with E-state index in [2.05, 4.69) is 0 Å². The van der Waals surface area contributed by atoms with E-state index in [1.165, 1.54) is 36.4 Å². The largest absolute Gasteiger partial charge is 0.491 e. The summed E-state index contributed by atoms with van der Waals surface area (Å²) in [5, 5.41) is -0.107. The van der Waals surface area contributed by atoms with Gasteiger partial charge < -0.3 is 19.3 Å². The lowest BCUT2D eigenvalue weighted by molar-refractivity contribution is 0.321. The third-order valence-corrected chi connectivity index (χ3v) is 5.42. The van der Waals surface area contributed by atoms with Crippen LogP contribution in [-0.4, -0.2) is 16.4 Å². The highest BCUT2D eigenvalue weighted by Crippen LogP contribution is 2.38. The van der Waals surface area contributed by atoms with Crippen molar-refractivity contribution in [3.8, 4) is 28.4 Å². The lowest BCUT2D eigenvalue weighted by atomic mass is 10.0. The molecule has 3 aromatic rings. The van der Waals surface area contributed by atoms with Gasteiger partial charge in [0.05, 0.1) is 11.9 Å². The van der Waals surface area contributed by atoms with E-state index in [-0.39, 0.29) is 22.4 Å². The van der Waals surface area contributed by atoms with Crippen LogP contribution in [0.2, 0.25) is 0 Å². The van der Waals surface area contributed by atoms with Gasteiger partial charge in [0.1, 0.15) is 17.3 Å². The second kappa shape index (κ2) is 8.56. The monoisotopic (exact) mass is 434 g/mol. The molecule has 0 aliphatic rings. The van der Waals surface area contributed by atoms with Crippen LogP contribution in [0.15, 0.2) is 48.5 Å². The van der Waals surface area contributed by atoms with Crippen LogP contribution in [0.5, 0.6) is 17.2 Å². The quantitative estimate of drug-likeness (QED) is 0.519. The number of rotatable bonds is 6. The van der Waals surface area contributed by atoms with E-state index in [0.717, 1.165) is 0 Å². The van der Waals surface area contributed by atoms with Crippen LogP contribution < -0.4 is 14.8 Å². The molecule has 0 saturated carbocycles. The maximum absolute atomic E-state index is 14.7. The summed E-state index contributed by atoms with van der Waals surface area (Å²) in [7, 11) is -4.39. The van der Waals surface area contributed by atoms with Gasteiger partial charge >= 0.3 is 7.60 Å². The summed E-state index contributed by atoms with van der Waals surface area (Å²) in [6.07, 6.45) is 0. The fraction of sp³-hybridized carbons (Fsp3) is 0.182. The Labute approximate surface area is 173 Å². The molecule has 0 saturated heterocycles. The summed E-state index contributed by atoms with van der Waals surface area (Å²) < 4.78 is 51.2. The molecule has 0 spiro atoms. The number of hydrogen-bond donors (Lipinski definition) is 2. The molecule has 0 radical (unpaired) electrons. The first-order valence-corrected chi connectivity index (χ1v) is 10.8. The normalized spacial score (nSPS) is 11.4. The first-order chi connectivity index (χ1) is 14.1. The molecule has 2 N–H and O–H groups in total. The van der Waals surface area contributed by atoms with Gasteiger partial charge in [0.2, 0.25) is 0 Å². The molecule has 3 rings (SSSR count). The Balaban J connectivity index is 1.90. The molecule has 0 heterocycles. The molecule has 30 heavy (non-hydrogen) atoms. The molecular formula is C22H21F2O5P. The zero-order valence-electron chi connectivity index (χ0n) is 16.6. The molecular weight excluding hydrogens is 413 g/mol. The molecule has 0 unspecified atom stereocenters. The minimum absolute atomic E-state index is 0.103. The van der Waals surface area contributed by atoms with Gasteiger partial charge in [0.15, 0.2) is 11.6 Å². The lowest BCUT2D eigenvalue weighted by Crippen LogP contribution is -2.07. The summed E-state index contributed by atoms with van der Waals surface area (Å²) >= 11 is 0. The van der Waals surface area contributed by atoms with Gasteiger partial charge in [-0.1, -0.05) is 6.07 Å². The Morgan fingerprint density at radius 3 is 2.13 bits per heavy atom. The molecule has 0 atom stereocenters. The van der Waals surface area contributed by atoms with E-state index < -0.39 is 19.2 Å². The zero-order chi connectivity index (χ0) is 22.1. The summed E-state index contributed by atoms with van der Waals surface area (Å²) in [5.41, 5.74) is 1.57. The predicted molar refractivity (Wildman–Crippen MR) is 111 cm³/mol.